The van der Waals surface area contributed by atoms with Gasteiger partial charge < -0.3 is 14.3 Å². The lowest BCUT2D eigenvalue weighted by Gasteiger charge is -2.12. The quantitative estimate of drug-likeness (QED) is 0.799. The van der Waals surface area contributed by atoms with E-state index < -0.39 is 0 Å². The maximum Gasteiger partial charge on any atom is 0.279 e. The minimum atomic E-state index is -0.210. The van der Waals surface area contributed by atoms with E-state index in [2.05, 4.69) is 14.5 Å². The Balaban J connectivity index is 1.88. The van der Waals surface area contributed by atoms with E-state index in [4.69, 9.17) is 9.72 Å². The highest BCUT2D eigenvalue weighted by Crippen LogP contribution is 2.32. The summed E-state index contributed by atoms with van der Waals surface area (Å²) >= 11 is 0. The largest absolute Gasteiger partial charge is 0.493 e. The molecule has 4 rings (SSSR count). The summed E-state index contributed by atoms with van der Waals surface area (Å²) in [4.78, 5) is 24.3. The third kappa shape index (κ3) is 2.48. The van der Waals surface area contributed by atoms with Crippen molar-refractivity contribution in [3.63, 3.8) is 0 Å². The number of nitrogens with one attached hydrogen (secondary N) is 1. The molecule has 1 fully saturated rings. The Hall–Kier alpha value is -2.63. The fourth-order valence-corrected chi connectivity index (χ4v) is 3.45. The monoisotopic (exact) mass is 324 g/mol. The first kappa shape index (κ1) is 14.9. The number of hydrogen-bond donors (Lipinski definition) is 1. The van der Waals surface area contributed by atoms with Gasteiger partial charge >= 0.3 is 0 Å². The molecule has 6 heteroatoms. The minimum absolute atomic E-state index is 0.210. The van der Waals surface area contributed by atoms with Crippen molar-refractivity contribution in [3.05, 3.63) is 40.9 Å². The molecule has 0 bridgehead atoms. The van der Waals surface area contributed by atoms with Crippen LogP contribution in [0.2, 0.25) is 0 Å². The number of benzene rings is 1. The molecule has 0 amide bonds. The van der Waals surface area contributed by atoms with Crippen LogP contribution >= 0.6 is 0 Å². The average Bonchev–Trinajstić information content (AvgIpc) is 3.24. The van der Waals surface area contributed by atoms with Crippen molar-refractivity contribution in [1.29, 1.82) is 0 Å². The van der Waals surface area contributed by atoms with E-state index in [1.165, 1.54) is 12.8 Å². The molecular formula is C18H20N4O2. The molecule has 1 aliphatic rings. The number of hydrogen-bond acceptors (Lipinski definition) is 4. The number of para-hydroxylation sites is 1. The van der Waals surface area contributed by atoms with Crippen LogP contribution in [0.4, 0.5) is 0 Å². The number of fused-ring (bicyclic) bond motifs is 1. The minimum Gasteiger partial charge on any atom is -0.493 e. The summed E-state index contributed by atoms with van der Waals surface area (Å²) in [6.07, 6.45) is 6.41. The van der Waals surface area contributed by atoms with Gasteiger partial charge in [-0.05, 0) is 31.9 Å². The summed E-state index contributed by atoms with van der Waals surface area (Å²) < 4.78 is 7.73. The molecule has 2 aromatic heterocycles. The number of aromatic nitrogens is 4. The maximum atomic E-state index is 12.5. The Bertz CT molecular complexity index is 922. The maximum absolute atomic E-state index is 12.5. The summed E-state index contributed by atoms with van der Waals surface area (Å²) in [5.41, 5.74) is 1.64. The van der Waals surface area contributed by atoms with Gasteiger partial charge in [0.25, 0.3) is 5.56 Å². The zero-order valence-electron chi connectivity index (χ0n) is 13.7. The molecule has 1 aromatic carbocycles. The number of aromatic amines is 1. The van der Waals surface area contributed by atoms with Gasteiger partial charge in [0.1, 0.15) is 11.6 Å². The normalized spacial score (nSPS) is 15.2. The van der Waals surface area contributed by atoms with Gasteiger partial charge in [-0.3, -0.25) is 4.79 Å². The summed E-state index contributed by atoms with van der Waals surface area (Å²) in [7, 11) is 0. The summed E-state index contributed by atoms with van der Waals surface area (Å²) in [6.45, 7) is 2.49. The van der Waals surface area contributed by atoms with Gasteiger partial charge in [-0.15, -0.1) is 0 Å². The van der Waals surface area contributed by atoms with Gasteiger partial charge in [-0.1, -0.05) is 25.0 Å². The Labute approximate surface area is 139 Å². The number of imidazole rings is 1. The topological polar surface area (TPSA) is 72.8 Å². The van der Waals surface area contributed by atoms with Crippen molar-refractivity contribution < 1.29 is 4.74 Å². The number of rotatable bonds is 4. The van der Waals surface area contributed by atoms with E-state index in [0.29, 0.717) is 29.6 Å². The van der Waals surface area contributed by atoms with Crippen LogP contribution in [0.3, 0.4) is 0 Å². The van der Waals surface area contributed by atoms with Crippen molar-refractivity contribution in [3.8, 4) is 17.1 Å². The SMILES string of the molecule is CCOc1ccccc1-c1nc2c(ncn2C2CCCC2)c(=O)[nH]1. The molecular weight excluding hydrogens is 304 g/mol. The van der Waals surface area contributed by atoms with Crippen LogP contribution in [0.5, 0.6) is 5.75 Å². The van der Waals surface area contributed by atoms with E-state index in [9.17, 15) is 4.79 Å². The molecule has 0 saturated heterocycles. The van der Waals surface area contributed by atoms with Crippen molar-refractivity contribution in [2.24, 2.45) is 0 Å². The molecule has 1 aliphatic carbocycles. The molecule has 0 radical (unpaired) electrons. The molecule has 0 aliphatic heterocycles. The fourth-order valence-electron chi connectivity index (χ4n) is 3.45. The lowest BCUT2D eigenvalue weighted by molar-refractivity contribution is 0.341. The first-order chi connectivity index (χ1) is 11.8. The number of H-pyrrole nitrogens is 1. The van der Waals surface area contributed by atoms with Gasteiger partial charge in [-0.25, -0.2) is 9.97 Å². The van der Waals surface area contributed by atoms with Gasteiger partial charge in [-0.2, -0.15) is 0 Å². The van der Waals surface area contributed by atoms with Crippen LogP contribution in [-0.2, 0) is 0 Å². The molecule has 0 spiro atoms. The molecule has 1 N–H and O–H groups in total. The van der Waals surface area contributed by atoms with Crippen LogP contribution in [0, 0.1) is 0 Å². The first-order valence-corrected chi connectivity index (χ1v) is 8.47. The Morgan fingerprint density at radius 3 is 2.88 bits per heavy atom. The average molecular weight is 324 g/mol. The van der Waals surface area contributed by atoms with E-state index in [-0.39, 0.29) is 5.56 Å². The van der Waals surface area contributed by atoms with Crippen molar-refractivity contribution in [2.75, 3.05) is 6.61 Å². The third-order valence-corrected chi connectivity index (χ3v) is 4.59. The van der Waals surface area contributed by atoms with Crippen molar-refractivity contribution in [1.82, 2.24) is 19.5 Å². The summed E-state index contributed by atoms with van der Waals surface area (Å²) in [5.74, 6) is 1.24. The number of ether oxygens (including phenoxy) is 1. The van der Waals surface area contributed by atoms with Crippen molar-refractivity contribution in [2.45, 2.75) is 38.6 Å². The first-order valence-electron chi connectivity index (χ1n) is 8.47. The van der Waals surface area contributed by atoms with E-state index >= 15 is 0 Å². The lowest BCUT2D eigenvalue weighted by atomic mass is 10.2. The highest BCUT2D eigenvalue weighted by Gasteiger charge is 2.21. The molecule has 3 aromatic rings. The molecule has 6 nitrogen and oxygen atoms in total. The molecule has 1 saturated carbocycles. The fraction of sp³-hybridized carbons (Fsp3) is 0.389. The van der Waals surface area contributed by atoms with Gasteiger partial charge in [0.2, 0.25) is 0 Å². The predicted octanol–water partition coefficient (Wildman–Crippen LogP) is 3.30. The summed E-state index contributed by atoms with van der Waals surface area (Å²) in [5, 5.41) is 0. The molecule has 24 heavy (non-hydrogen) atoms. The van der Waals surface area contributed by atoms with Crippen LogP contribution < -0.4 is 10.3 Å². The standard InChI is InChI=1S/C18H20N4O2/c1-2-24-14-10-6-5-9-13(14)16-20-17-15(18(23)21-16)19-11-22(17)12-7-3-4-8-12/h5-6,9-12H,2-4,7-8H2,1H3,(H,20,21,23). The zero-order chi connectivity index (χ0) is 16.5. The van der Waals surface area contributed by atoms with E-state index in [1.54, 1.807) is 6.33 Å². The molecule has 0 unspecified atom stereocenters. The second-order valence-corrected chi connectivity index (χ2v) is 6.11. The lowest BCUT2D eigenvalue weighted by Crippen LogP contribution is -2.12. The second-order valence-electron chi connectivity index (χ2n) is 6.11. The van der Waals surface area contributed by atoms with Gasteiger partial charge in [0, 0.05) is 6.04 Å². The van der Waals surface area contributed by atoms with Crippen molar-refractivity contribution >= 4 is 11.2 Å². The van der Waals surface area contributed by atoms with Gasteiger partial charge in [0.05, 0.1) is 18.5 Å². The van der Waals surface area contributed by atoms with Crippen LogP contribution in [-0.4, -0.2) is 26.1 Å². The highest BCUT2D eigenvalue weighted by atomic mass is 16.5. The molecule has 124 valence electrons. The highest BCUT2D eigenvalue weighted by molar-refractivity contribution is 5.74. The summed E-state index contributed by atoms with van der Waals surface area (Å²) in [6, 6.07) is 8.01. The Kier molecular flexibility index (Phi) is 3.80. The number of nitrogens with zero attached hydrogens (tertiary/aromatic N) is 3. The third-order valence-electron chi connectivity index (χ3n) is 4.59. The van der Waals surface area contributed by atoms with Crippen LogP contribution in [0.1, 0.15) is 38.6 Å². The molecule has 0 atom stereocenters. The molecule has 2 heterocycles. The zero-order valence-corrected chi connectivity index (χ0v) is 13.7. The second kappa shape index (κ2) is 6.11. The smallest absolute Gasteiger partial charge is 0.279 e. The Morgan fingerprint density at radius 2 is 2.08 bits per heavy atom. The van der Waals surface area contributed by atoms with Gasteiger partial charge in [0.15, 0.2) is 11.2 Å². The Morgan fingerprint density at radius 1 is 1.29 bits per heavy atom. The predicted molar refractivity (Wildman–Crippen MR) is 92.3 cm³/mol. The van der Waals surface area contributed by atoms with E-state index in [0.717, 1.165) is 24.2 Å². The van der Waals surface area contributed by atoms with Crippen LogP contribution in [0.15, 0.2) is 35.4 Å². The van der Waals surface area contributed by atoms with E-state index in [1.807, 2.05) is 31.2 Å². The van der Waals surface area contributed by atoms with Crippen LogP contribution in [0.25, 0.3) is 22.6 Å².